The minimum absolute atomic E-state index is 0. The average Bonchev–Trinajstić information content (AvgIpc) is 3.09. The number of nitrogens with one attached hydrogen (secondary N) is 1. The molecule has 1 unspecified atom stereocenters. The number of carboxylic acids is 1. The molecule has 1 aromatic carbocycles. The minimum Gasteiger partial charge on any atom is -0.488 e. The molecule has 1 aliphatic rings. The molecule has 0 amide bonds. The molecule has 2 aromatic heterocycles. The van der Waals surface area contributed by atoms with Crippen molar-refractivity contribution in [1.29, 1.82) is 0 Å². The molecule has 0 aliphatic carbocycles. The van der Waals surface area contributed by atoms with Crippen molar-refractivity contribution in [2.24, 2.45) is 0 Å². The van der Waals surface area contributed by atoms with E-state index in [0.29, 0.717) is 22.0 Å². The third-order valence-corrected chi connectivity index (χ3v) is 4.90. The third-order valence-electron chi connectivity index (χ3n) is 4.68. The van der Waals surface area contributed by atoms with E-state index < -0.39 is 5.97 Å². The van der Waals surface area contributed by atoms with Crippen molar-refractivity contribution in [3.63, 3.8) is 0 Å². The summed E-state index contributed by atoms with van der Waals surface area (Å²) in [6.07, 6.45) is 4.96. The van der Waals surface area contributed by atoms with E-state index in [-0.39, 0.29) is 24.1 Å². The second kappa shape index (κ2) is 8.34. The fourth-order valence-electron chi connectivity index (χ4n) is 3.40. The number of aromatic carboxylic acids is 1. The van der Waals surface area contributed by atoms with Gasteiger partial charge in [0.15, 0.2) is 0 Å². The first-order valence-electron chi connectivity index (χ1n) is 8.77. The van der Waals surface area contributed by atoms with E-state index in [2.05, 4.69) is 15.4 Å². The average molecular weight is 423 g/mol. The zero-order chi connectivity index (χ0) is 19.0. The Morgan fingerprint density at radius 2 is 2.21 bits per heavy atom. The minimum atomic E-state index is -1.02. The number of ether oxygens (including phenoxy) is 1. The maximum absolute atomic E-state index is 11.3. The molecular formula is C19H20Cl2N4O3. The van der Waals surface area contributed by atoms with Gasteiger partial charge >= 0.3 is 5.97 Å². The molecule has 0 spiro atoms. The zero-order valence-electron chi connectivity index (χ0n) is 15.2. The number of hydrogen-bond acceptors (Lipinski definition) is 5. The van der Waals surface area contributed by atoms with Gasteiger partial charge in [-0.15, -0.1) is 12.4 Å². The summed E-state index contributed by atoms with van der Waals surface area (Å²) in [6, 6.07) is 5.21. The SMILES string of the molecule is Cc1cc(Cl)cc(-c2ncnn3cc(C(=O)O)cc23)c1OC1CCCNC1.Cl. The zero-order valence-corrected chi connectivity index (χ0v) is 16.8. The Balaban J connectivity index is 0.00000225. The molecule has 1 fully saturated rings. The predicted molar refractivity (Wildman–Crippen MR) is 109 cm³/mol. The van der Waals surface area contributed by atoms with Crippen LogP contribution in [-0.2, 0) is 0 Å². The number of aryl methyl sites for hydroxylation is 1. The summed E-state index contributed by atoms with van der Waals surface area (Å²) in [5.74, 6) is -0.301. The van der Waals surface area contributed by atoms with Gasteiger partial charge in [-0.3, -0.25) is 0 Å². The topological polar surface area (TPSA) is 88.8 Å². The van der Waals surface area contributed by atoms with E-state index in [9.17, 15) is 9.90 Å². The van der Waals surface area contributed by atoms with Crippen molar-refractivity contribution in [3.05, 3.63) is 46.9 Å². The van der Waals surface area contributed by atoms with Crippen LogP contribution >= 0.6 is 24.0 Å². The molecule has 7 nitrogen and oxygen atoms in total. The highest BCUT2D eigenvalue weighted by Gasteiger charge is 2.21. The third kappa shape index (κ3) is 3.92. The Hall–Kier alpha value is -2.35. The number of fused-ring (bicyclic) bond motifs is 1. The van der Waals surface area contributed by atoms with Gasteiger partial charge in [0.1, 0.15) is 23.9 Å². The number of rotatable bonds is 4. The van der Waals surface area contributed by atoms with Crippen molar-refractivity contribution >= 4 is 35.5 Å². The lowest BCUT2D eigenvalue weighted by atomic mass is 10.0. The first-order valence-corrected chi connectivity index (χ1v) is 9.15. The van der Waals surface area contributed by atoms with Crippen LogP contribution in [0, 0.1) is 6.92 Å². The number of piperidine rings is 1. The van der Waals surface area contributed by atoms with Crippen LogP contribution in [0.1, 0.15) is 28.8 Å². The molecule has 1 saturated heterocycles. The fourth-order valence-corrected chi connectivity index (χ4v) is 3.68. The number of hydrogen-bond donors (Lipinski definition) is 2. The Bertz CT molecular complexity index is 1020. The highest BCUT2D eigenvalue weighted by Crippen LogP contribution is 2.38. The molecule has 4 rings (SSSR count). The Morgan fingerprint density at radius 3 is 2.93 bits per heavy atom. The quantitative estimate of drug-likeness (QED) is 0.667. The molecule has 9 heteroatoms. The number of benzene rings is 1. The molecule has 3 aromatic rings. The van der Waals surface area contributed by atoms with Crippen LogP contribution in [0.5, 0.6) is 5.75 Å². The fraction of sp³-hybridized carbons (Fsp3) is 0.316. The second-order valence-corrected chi connectivity index (χ2v) is 7.09. The van der Waals surface area contributed by atoms with Gasteiger partial charge in [-0.1, -0.05) is 11.6 Å². The van der Waals surface area contributed by atoms with Crippen LogP contribution in [0.15, 0.2) is 30.7 Å². The van der Waals surface area contributed by atoms with Crippen LogP contribution in [0.25, 0.3) is 16.8 Å². The highest BCUT2D eigenvalue weighted by atomic mass is 35.5. The molecule has 1 atom stereocenters. The van der Waals surface area contributed by atoms with Gasteiger partial charge in [-0.2, -0.15) is 5.10 Å². The van der Waals surface area contributed by atoms with Crippen LogP contribution < -0.4 is 10.1 Å². The van der Waals surface area contributed by atoms with E-state index in [1.807, 2.05) is 13.0 Å². The maximum atomic E-state index is 11.3. The highest BCUT2D eigenvalue weighted by molar-refractivity contribution is 6.31. The second-order valence-electron chi connectivity index (χ2n) is 6.66. The summed E-state index contributed by atoms with van der Waals surface area (Å²) in [6.45, 7) is 3.73. The Morgan fingerprint density at radius 1 is 1.39 bits per heavy atom. The standard InChI is InChI=1S/C19H19ClN4O3.ClH/c1-11-5-13(20)7-15(18(11)27-14-3-2-4-21-8-14)17-16-6-12(19(25)26)9-24(16)23-10-22-17;/h5-7,9-10,14,21H,2-4,8H2,1H3,(H,25,26);1H. The smallest absolute Gasteiger partial charge is 0.337 e. The summed E-state index contributed by atoms with van der Waals surface area (Å²) in [7, 11) is 0. The van der Waals surface area contributed by atoms with Crippen molar-refractivity contribution in [1.82, 2.24) is 19.9 Å². The van der Waals surface area contributed by atoms with E-state index in [4.69, 9.17) is 16.3 Å². The molecule has 0 radical (unpaired) electrons. The van der Waals surface area contributed by atoms with Crippen LogP contribution in [-0.4, -0.2) is 44.9 Å². The van der Waals surface area contributed by atoms with E-state index >= 15 is 0 Å². The number of halogens is 2. The molecule has 3 heterocycles. The molecule has 0 saturated carbocycles. The van der Waals surface area contributed by atoms with Gasteiger partial charge in [0.25, 0.3) is 0 Å². The van der Waals surface area contributed by atoms with Gasteiger partial charge in [0.05, 0.1) is 11.1 Å². The van der Waals surface area contributed by atoms with Crippen LogP contribution in [0.2, 0.25) is 5.02 Å². The molecule has 28 heavy (non-hydrogen) atoms. The normalized spacial score (nSPS) is 16.6. The van der Waals surface area contributed by atoms with Gasteiger partial charge in [-0.05, 0) is 50.1 Å². The van der Waals surface area contributed by atoms with Gasteiger partial charge in [0, 0.05) is 23.3 Å². The number of carboxylic acid groups (broad SMARTS) is 1. The summed E-state index contributed by atoms with van der Waals surface area (Å²) >= 11 is 6.31. The van der Waals surface area contributed by atoms with Crippen molar-refractivity contribution in [2.75, 3.05) is 13.1 Å². The van der Waals surface area contributed by atoms with Crippen molar-refractivity contribution < 1.29 is 14.6 Å². The molecular weight excluding hydrogens is 403 g/mol. The summed E-state index contributed by atoms with van der Waals surface area (Å²) < 4.78 is 7.83. The van der Waals surface area contributed by atoms with Crippen LogP contribution in [0.4, 0.5) is 0 Å². The van der Waals surface area contributed by atoms with Crippen molar-refractivity contribution in [2.45, 2.75) is 25.9 Å². The number of nitrogens with zero attached hydrogens (tertiary/aromatic N) is 3. The lowest BCUT2D eigenvalue weighted by Crippen LogP contribution is -2.37. The van der Waals surface area contributed by atoms with Gasteiger partial charge < -0.3 is 15.2 Å². The lowest BCUT2D eigenvalue weighted by molar-refractivity contribution is 0.0697. The molecule has 0 bridgehead atoms. The lowest BCUT2D eigenvalue weighted by Gasteiger charge is -2.26. The monoisotopic (exact) mass is 422 g/mol. The summed E-state index contributed by atoms with van der Waals surface area (Å²) in [5, 5.41) is 17.3. The Labute approximate surface area is 173 Å². The largest absolute Gasteiger partial charge is 0.488 e. The first kappa shape index (κ1) is 20.4. The Kier molecular flexibility index (Phi) is 6.07. The molecule has 1 aliphatic heterocycles. The van der Waals surface area contributed by atoms with E-state index in [1.165, 1.54) is 17.0 Å². The van der Waals surface area contributed by atoms with Gasteiger partial charge in [0.2, 0.25) is 0 Å². The number of carbonyl (C=O) groups is 1. The van der Waals surface area contributed by atoms with E-state index in [0.717, 1.165) is 37.1 Å². The number of aromatic nitrogens is 3. The predicted octanol–water partition coefficient (Wildman–Crippen LogP) is 3.61. The van der Waals surface area contributed by atoms with Crippen molar-refractivity contribution in [3.8, 4) is 17.0 Å². The van der Waals surface area contributed by atoms with Crippen LogP contribution in [0.3, 0.4) is 0 Å². The molecule has 2 N–H and O–H groups in total. The molecule has 148 valence electrons. The maximum Gasteiger partial charge on any atom is 0.337 e. The summed E-state index contributed by atoms with van der Waals surface area (Å²) in [5.41, 5.74) is 2.96. The van der Waals surface area contributed by atoms with Gasteiger partial charge in [-0.25, -0.2) is 14.3 Å². The van der Waals surface area contributed by atoms with E-state index in [1.54, 1.807) is 12.1 Å². The first-order chi connectivity index (χ1) is 13.0. The summed E-state index contributed by atoms with van der Waals surface area (Å²) in [4.78, 5) is 15.7.